The van der Waals surface area contributed by atoms with Gasteiger partial charge in [0.15, 0.2) is 11.5 Å². The molecule has 0 radical (unpaired) electrons. The van der Waals surface area contributed by atoms with Gasteiger partial charge in [0.2, 0.25) is 5.88 Å². The third kappa shape index (κ3) is 2.85. The van der Waals surface area contributed by atoms with E-state index in [0.29, 0.717) is 24.8 Å². The number of hydrogen-bond donors (Lipinski definition) is 1. The monoisotopic (exact) mass is 284 g/mol. The number of aromatic nitrogens is 1. The van der Waals surface area contributed by atoms with Gasteiger partial charge in [0.25, 0.3) is 0 Å². The number of benzene rings is 1. The van der Waals surface area contributed by atoms with Gasteiger partial charge in [-0.3, -0.25) is 0 Å². The molecule has 1 heterocycles. The summed E-state index contributed by atoms with van der Waals surface area (Å²) < 4.78 is 11.6. The zero-order chi connectivity index (χ0) is 14.7. The Morgan fingerprint density at radius 3 is 2.76 bits per heavy atom. The molecule has 0 aliphatic heterocycles. The van der Waals surface area contributed by atoms with E-state index in [2.05, 4.69) is 11.1 Å². The molecule has 0 unspecified atom stereocenters. The van der Waals surface area contributed by atoms with Crippen LogP contribution in [0.5, 0.6) is 17.4 Å². The van der Waals surface area contributed by atoms with Crippen LogP contribution in [-0.4, -0.2) is 11.6 Å². The first-order valence-electron chi connectivity index (χ1n) is 7.43. The van der Waals surface area contributed by atoms with Crippen LogP contribution in [0.4, 0.5) is 0 Å². The van der Waals surface area contributed by atoms with Crippen LogP contribution in [0.1, 0.15) is 30.2 Å². The Labute approximate surface area is 124 Å². The van der Waals surface area contributed by atoms with E-state index in [9.17, 15) is 0 Å². The molecular formula is C17H20N2O2. The van der Waals surface area contributed by atoms with E-state index in [1.807, 2.05) is 31.2 Å². The predicted octanol–water partition coefficient (Wildman–Crippen LogP) is 3.22. The highest BCUT2D eigenvalue weighted by atomic mass is 16.5. The molecule has 0 fully saturated rings. The van der Waals surface area contributed by atoms with Gasteiger partial charge < -0.3 is 15.2 Å². The molecule has 1 aliphatic carbocycles. The fourth-order valence-corrected chi connectivity index (χ4v) is 2.65. The summed E-state index contributed by atoms with van der Waals surface area (Å²) in [5.41, 5.74) is 9.23. The highest BCUT2D eigenvalue weighted by molar-refractivity contribution is 5.44. The van der Waals surface area contributed by atoms with Gasteiger partial charge in [-0.1, -0.05) is 12.1 Å². The second-order valence-corrected chi connectivity index (χ2v) is 5.10. The van der Waals surface area contributed by atoms with Crippen molar-refractivity contribution in [3.8, 4) is 17.4 Å². The van der Waals surface area contributed by atoms with Crippen LogP contribution in [0.2, 0.25) is 0 Å². The molecule has 4 nitrogen and oxygen atoms in total. The molecule has 2 aromatic rings. The van der Waals surface area contributed by atoms with Crippen LogP contribution >= 0.6 is 0 Å². The number of para-hydroxylation sites is 2. The molecule has 0 spiro atoms. The van der Waals surface area contributed by atoms with Crippen LogP contribution in [0.3, 0.4) is 0 Å². The maximum Gasteiger partial charge on any atom is 0.224 e. The van der Waals surface area contributed by atoms with Gasteiger partial charge in [-0.05, 0) is 49.9 Å². The molecule has 1 aliphatic rings. The summed E-state index contributed by atoms with van der Waals surface area (Å²) in [7, 11) is 0. The van der Waals surface area contributed by atoms with Gasteiger partial charge in [0.1, 0.15) is 0 Å². The lowest BCUT2D eigenvalue weighted by molar-refractivity contribution is 0.319. The molecular weight excluding hydrogens is 264 g/mol. The van der Waals surface area contributed by atoms with Gasteiger partial charge in [0.05, 0.1) is 6.61 Å². The minimum atomic E-state index is 0.423. The van der Waals surface area contributed by atoms with E-state index in [1.54, 1.807) is 0 Å². The minimum absolute atomic E-state index is 0.423. The van der Waals surface area contributed by atoms with Crippen molar-refractivity contribution in [3.05, 3.63) is 47.2 Å². The number of nitrogens with zero attached hydrogens (tertiary/aromatic N) is 1. The lowest BCUT2D eigenvalue weighted by Crippen LogP contribution is -2.05. The number of aryl methyl sites for hydroxylation is 2. The van der Waals surface area contributed by atoms with Gasteiger partial charge in [-0.25, -0.2) is 4.98 Å². The maximum absolute atomic E-state index is 5.99. The molecule has 0 atom stereocenters. The zero-order valence-electron chi connectivity index (χ0n) is 12.3. The Morgan fingerprint density at radius 2 is 2.00 bits per heavy atom. The Hall–Kier alpha value is -2.07. The highest BCUT2D eigenvalue weighted by Crippen LogP contribution is 2.34. The quantitative estimate of drug-likeness (QED) is 0.916. The largest absolute Gasteiger partial charge is 0.490 e. The Balaban J connectivity index is 1.94. The molecule has 3 rings (SSSR count). The molecule has 0 saturated heterocycles. The first-order valence-corrected chi connectivity index (χ1v) is 7.43. The summed E-state index contributed by atoms with van der Waals surface area (Å²) in [5.74, 6) is 2.01. The number of nitrogens with two attached hydrogens (primary N) is 1. The van der Waals surface area contributed by atoms with Crippen molar-refractivity contribution in [2.45, 2.75) is 32.7 Å². The van der Waals surface area contributed by atoms with Crippen LogP contribution in [-0.2, 0) is 19.4 Å². The third-order valence-corrected chi connectivity index (χ3v) is 3.67. The predicted molar refractivity (Wildman–Crippen MR) is 81.8 cm³/mol. The minimum Gasteiger partial charge on any atom is -0.490 e. The van der Waals surface area contributed by atoms with Crippen molar-refractivity contribution in [2.75, 3.05) is 6.61 Å². The molecule has 2 N–H and O–H groups in total. The Bertz CT molecular complexity index is 641. The molecule has 21 heavy (non-hydrogen) atoms. The number of hydrogen-bond acceptors (Lipinski definition) is 4. The lowest BCUT2D eigenvalue weighted by Gasteiger charge is -2.14. The van der Waals surface area contributed by atoms with Crippen molar-refractivity contribution >= 4 is 0 Å². The summed E-state index contributed by atoms with van der Waals surface area (Å²) in [4.78, 5) is 4.66. The summed E-state index contributed by atoms with van der Waals surface area (Å²) in [6.45, 7) is 2.98. The number of rotatable bonds is 5. The second kappa shape index (κ2) is 6.14. The fourth-order valence-electron chi connectivity index (χ4n) is 2.65. The van der Waals surface area contributed by atoms with E-state index in [-0.39, 0.29) is 0 Å². The van der Waals surface area contributed by atoms with Crippen LogP contribution in [0, 0.1) is 0 Å². The first-order chi connectivity index (χ1) is 10.3. The third-order valence-electron chi connectivity index (χ3n) is 3.67. The average Bonchev–Trinajstić information content (AvgIpc) is 2.96. The van der Waals surface area contributed by atoms with Crippen LogP contribution < -0.4 is 15.2 Å². The van der Waals surface area contributed by atoms with Gasteiger partial charge in [-0.2, -0.15) is 0 Å². The molecule has 0 bridgehead atoms. The lowest BCUT2D eigenvalue weighted by atomic mass is 10.1. The molecule has 4 heteroatoms. The summed E-state index contributed by atoms with van der Waals surface area (Å²) in [5, 5.41) is 0. The summed E-state index contributed by atoms with van der Waals surface area (Å²) in [6, 6.07) is 9.77. The summed E-state index contributed by atoms with van der Waals surface area (Å²) in [6.07, 6.45) is 3.26. The number of ether oxygens (including phenoxy) is 2. The highest BCUT2D eigenvalue weighted by Gasteiger charge is 2.18. The number of pyridine rings is 1. The number of fused-ring (bicyclic) bond motifs is 1. The van der Waals surface area contributed by atoms with E-state index < -0.39 is 0 Å². The van der Waals surface area contributed by atoms with Crippen LogP contribution in [0.15, 0.2) is 30.3 Å². The standard InChI is InChI=1S/C17H20N2O2/c1-2-20-15-8-3-4-9-16(15)21-17-13(11-18)10-12-6-5-7-14(12)19-17/h3-4,8-10H,2,5-7,11,18H2,1H3. The smallest absolute Gasteiger partial charge is 0.224 e. The fraction of sp³-hybridized carbons (Fsp3) is 0.353. The topological polar surface area (TPSA) is 57.4 Å². The Kier molecular flexibility index (Phi) is 4.06. The van der Waals surface area contributed by atoms with Gasteiger partial charge >= 0.3 is 0 Å². The molecule has 0 amide bonds. The normalized spacial score (nSPS) is 13.0. The van der Waals surface area contributed by atoms with E-state index in [1.165, 1.54) is 5.56 Å². The van der Waals surface area contributed by atoms with Crippen LogP contribution in [0.25, 0.3) is 0 Å². The van der Waals surface area contributed by atoms with Gasteiger partial charge in [-0.15, -0.1) is 0 Å². The summed E-state index contributed by atoms with van der Waals surface area (Å²) >= 11 is 0. The Morgan fingerprint density at radius 1 is 1.19 bits per heavy atom. The molecule has 110 valence electrons. The maximum atomic E-state index is 5.99. The van der Waals surface area contributed by atoms with Crippen molar-refractivity contribution in [1.29, 1.82) is 0 Å². The first kappa shape index (κ1) is 13.9. The van der Waals surface area contributed by atoms with Crippen molar-refractivity contribution in [3.63, 3.8) is 0 Å². The van der Waals surface area contributed by atoms with Gasteiger partial charge in [0, 0.05) is 17.8 Å². The van der Waals surface area contributed by atoms with E-state index in [0.717, 1.165) is 36.3 Å². The average molecular weight is 284 g/mol. The zero-order valence-corrected chi connectivity index (χ0v) is 12.3. The molecule has 1 aromatic carbocycles. The van der Waals surface area contributed by atoms with Crippen molar-refractivity contribution in [2.24, 2.45) is 5.73 Å². The van der Waals surface area contributed by atoms with E-state index in [4.69, 9.17) is 15.2 Å². The molecule has 1 aromatic heterocycles. The SMILES string of the molecule is CCOc1ccccc1Oc1nc2c(cc1CN)CCC2. The van der Waals surface area contributed by atoms with Crippen molar-refractivity contribution < 1.29 is 9.47 Å². The van der Waals surface area contributed by atoms with Crippen molar-refractivity contribution in [1.82, 2.24) is 4.98 Å². The molecule has 0 saturated carbocycles. The second-order valence-electron chi connectivity index (χ2n) is 5.10. The van der Waals surface area contributed by atoms with E-state index >= 15 is 0 Å².